The van der Waals surface area contributed by atoms with Crippen LogP contribution in [0.2, 0.25) is 0 Å². The Morgan fingerprint density at radius 3 is 2.06 bits per heavy atom. The molecule has 0 atom stereocenters. The summed E-state index contributed by atoms with van der Waals surface area (Å²) < 4.78 is 26.5. The minimum Gasteiger partial charge on any atom is -0.481 e. The molecule has 4 heteroatoms. The van der Waals surface area contributed by atoms with Crippen molar-refractivity contribution in [3.63, 3.8) is 0 Å². The standard InChI is InChI=1S/C14H14F2O2/c15-10-4-9(5-11(16)6-10)14(12(17)18)7-13(8-14)2-1-3-13/h4-6H,1-3,7-8H2,(H,17,18). The summed E-state index contributed by atoms with van der Waals surface area (Å²) in [7, 11) is 0. The molecule has 0 aromatic heterocycles. The average molecular weight is 252 g/mol. The fourth-order valence-electron chi connectivity index (χ4n) is 3.57. The summed E-state index contributed by atoms with van der Waals surface area (Å²) in [5, 5.41) is 9.43. The van der Waals surface area contributed by atoms with Gasteiger partial charge in [0.15, 0.2) is 0 Å². The summed E-state index contributed by atoms with van der Waals surface area (Å²) in [5.74, 6) is -2.38. The molecule has 1 aromatic carbocycles. The van der Waals surface area contributed by atoms with Gasteiger partial charge in [-0.3, -0.25) is 4.79 Å². The number of hydrogen-bond donors (Lipinski definition) is 1. The van der Waals surface area contributed by atoms with Crippen LogP contribution >= 0.6 is 0 Å². The molecule has 0 aliphatic heterocycles. The molecule has 0 saturated heterocycles. The Bertz CT molecular complexity index is 492. The molecule has 0 unspecified atom stereocenters. The molecule has 18 heavy (non-hydrogen) atoms. The molecule has 3 rings (SSSR count). The van der Waals surface area contributed by atoms with E-state index in [0.717, 1.165) is 37.5 Å². The van der Waals surface area contributed by atoms with Gasteiger partial charge in [-0.15, -0.1) is 0 Å². The first-order valence-corrected chi connectivity index (χ1v) is 6.16. The molecule has 1 N–H and O–H groups in total. The molecule has 0 heterocycles. The highest BCUT2D eigenvalue weighted by Crippen LogP contribution is 2.65. The molecular formula is C14H14F2O2. The molecule has 1 aromatic rings. The Kier molecular flexibility index (Phi) is 2.28. The zero-order valence-electron chi connectivity index (χ0n) is 9.88. The van der Waals surface area contributed by atoms with E-state index in [1.807, 2.05) is 0 Å². The van der Waals surface area contributed by atoms with Gasteiger partial charge in [-0.25, -0.2) is 8.78 Å². The molecule has 2 saturated carbocycles. The third-order valence-electron chi connectivity index (χ3n) is 4.59. The molecule has 2 nitrogen and oxygen atoms in total. The Balaban J connectivity index is 1.98. The van der Waals surface area contributed by atoms with Crippen LogP contribution in [0.3, 0.4) is 0 Å². The first kappa shape index (κ1) is 11.6. The Hall–Kier alpha value is -1.45. The van der Waals surface area contributed by atoms with E-state index in [2.05, 4.69) is 0 Å². The number of rotatable bonds is 2. The van der Waals surface area contributed by atoms with Crippen molar-refractivity contribution in [2.75, 3.05) is 0 Å². The van der Waals surface area contributed by atoms with Crippen LogP contribution in [0.4, 0.5) is 8.78 Å². The van der Waals surface area contributed by atoms with Gasteiger partial charge in [0.25, 0.3) is 0 Å². The number of aliphatic carboxylic acids is 1. The Morgan fingerprint density at radius 2 is 1.67 bits per heavy atom. The van der Waals surface area contributed by atoms with Gasteiger partial charge in [0.05, 0.1) is 5.41 Å². The summed E-state index contributed by atoms with van der Waals surface area (Å²) in [6, 6.07) is 3.09. The topological polar surface area (TPSA) is 37.3 Å². The quantitative estimate of drug-likeness (QED) is 0.877. The molecule has 2 aliphatic rings. The third-order valence-corrected chi connectivity index (χ3v) is 4.59. The predicted molar refractivity (Wildman–Crippen MR) is 61.2 cm³/mol. The zero-order chi connectivity index (χ0) is 13.0. The highest BCUT2D eigenvalue weighted by molar-refractivity contribution is 5.83. The van der Waals surface area contributed by atoms with E-state index in [9.17, 15) is 18.7 Å². The third kappa shape index (κ3) is 1.48. The van der Waals surface area contributed by atoms with Crippen molar-refractivity contribution in [3.05, 3.63) is 35.4 Å². The van der Waals surface area contributed by atoms with Crippen LogP contribution in [0.25, 0.3) is 0 Å². The van der Waals surface area contributed by atoms with Crippen molar-refractivity contribution in [2.45, 2.75) is 37.5 Å². The Labute approximate surface area is 104 Å². The highest BCUT2D eigenvalue weighted by Gasteiger charge is 2.61. The van der Waals surface area contributed by atoms with E-state index >= 15 is 0 Å². The summed E-state index contributed by atoms with van der Waals surface area (Å²) in [4.78, 5) is 11.5. The van der Waals surface area contributed by atoms with E-state index < -0.39 is 23.0 Å². The smallest absolute Gasteiger partial charge is 0.314 e. The number of carbonyl (C=O) groups is 1. The highest BCUT2D eigenvalue weighted by atomic mass is 19.1. The van der Waals surface area contributed by atoms with E-state index in [1.165, 1.54) is 0 Å². The van der Waals surface area contributed by atoms with Gasteiger partial charge in [-0.2, -0.15) is 0 Å². The van der Waals surface area contributed by atoms with Gasteiger partial charge < -0.3 is 5.11 Å². The molecule has 1 spiro atoms. The van der Waals surface area contributed by atoms with Gasteiger partial charge in [0, 0.05) is 6.07 Å². The van der Waals surface area contributed by atoms with Gasteiger partial charge >= 0.3 is 5.97 Å². The van der Waals surface area contributed by atoms with Crippen LogP contribution in [0, 0.1) is 17.0 Å². The van der Waals surface area contributed by atoms with E-state index in [0.29, 0.717) is 12.8 Å². The minimum atomic E-state index is -1.08. The van der Waals surface area contributed by atoms with Crippen LogP contribution in [0.1, 0.15) is 37.7 Å². The maximum absolute atomic E-state index is 13.2. The first-order chi connectivity index (χ1) is 8.46. The monoisotopic (exact) mass is 252 g/mol. The number of hydrogen-bond acceptors (Lipinski definition) is 1. The second-order valence-electron chi connectivity index (χ2n) is 5.75. The molecule has 2 fully saturated rings. The van der Waals surface area contributed by atoms with Crippen LogP contribution in [0.15, 0.2) is 18.2 Å². The van der Waals surface area contributed by atoms with Crippen LogP contribution in [-0.4, -0.2) is 11.1 Å². The number of halogens is 2. The van der Waals surface area contributed by atoms with Gasteiger partial charge in [0.1, 0.15) is 11.6 Å². The maximum Gasteiger partial charge on any atom is 0.314 e. The summed E-state index contributed by atoms with van der Waals surface area (Å²) in [6.07, 6.45) is 4.24. The van der Waals surface area contributed by atoms with E-state index in [-0.39, 0.29) is 11.0 Å². The van der Waals surface area contributed by atoms with Crippen molar-refractivity contribution in [1.82, 2.24) is 0 Å². The van der Waals surface area contributed by atoms with Crippen molar-refractivity contribution in [2.24, 2.45) is 5.41 Å². The zero-order valence-corrected chi connectivity index (χ0v) is 9.88. The maximum atomic E-state index is 13.2. The molecule has 0 bridgehead atoms. The lowest BCUT2D eigenvalue weighted by atomic mass is 9.44. The van der Waals surface area contributed by atoms with E-state index in [1.54, 1.807) is 0 Å². The number of carboxylic acid groups (broad SMARTS) is 1. The summed E-state index contributed by atoms with van der Waals surface area (Å²) in [6.45, 7) is 0. The van der Waals surface area contributed by atoms with Gasteiger partial charge in [0.2, 0.25) is 0 Å². The molecule has 2 aliphatic carbocycles. The largest absolute Gasteiger partial charge is 0.481 e. The van der Waals surface area contributed by atoms with Crippen molar-refractivity contribution in [1.29, 1.82) is 0 Å². The molecular weight excluding hydrogens is 238 g/mol. The molecule has 0 amide bonds. The fourth-order valence-corrected chi connectivity index (χ4v) is 3.57. The fraction of sp³-hybridized carbons (Fsp3) is 0.500. The Morgan fingerprint density at radius 1 is 1.11 bits per heavy atom. The van der Waals surface area contributed by atoms with E-state index in [4.69, 9.17) is 0 Å². The lowest BCUT2D eigenvalue weighted by Gasteiger charge is -2.59. The summed E-state index contributed by atoms with van der Waals surface area (Å²) in [5.41, 5.74) is -0.685. The second kappa shape index (κ2) is 3.53. The van der Waals surface area contributed by atoms with Crippen LogP contribution < -0.4 is 0 Å². The van der Waals surface area contributed by atoms with Crippen molar-refractivity contribution in [3.8, 4) is 0 Å². The van der Waals surface area contributed by atoms with Gasteiger partial charge in [-0.05, 0) is 48.8 Å². The SMILES string of the molecule is O=C(O)C1(c2cc(F)cc(F)c2)CC2(CCC2)C1. The van der Waals surface area contributed by atoms with Crippen LogP contribution in [-0.2, 0) is 10.2 Å². The first-order valence-electron chi connectivity index (χ1n) is 6.16. The normalized spacial score (nSPS) is 23.2. The lowest BCUT2D eigenvalue weighted by molar-refractivity contribution is -0.160. The average Bonchev–Trinajstić information content (AvgIpc) is 2.11. The predicted octanol–water partition coefficient (Wildman–Crippen LogP) is 3.25. The number of carboxylic acids is 1. The minimum absolute atomic E-state index is 0.126. The lowest BCUT2D eigenvalue weighted by Crippen LogP contribution is -2.57. The number of benzene rings is 1. The van der Waals surface area contributed by atoms with Crippen molar-refractivity contribution >= 4 is 5.97 Å². The van der Waals surface area contributed by atoms with Crippen molar-refractivity contribution < 1.29 is 18.7 Å². The van der Waals surface area contributed by atoms with Crippen LogP contribution in [0.5, 0.6) is 0 Å². The molecule has 0 radical (unpaired) electrons. The molecule has 96 valence electrons. The van der Waals surface area contributed by atoms with Gasteiger partial charge in [-0.1, -0.05) is 6.42 Å². The summed E-state index contributed by atoms with van der Waals surface area (Å²) >= 11 is 0. The second-order valence-corrected chi connectivity index (χ2v) is 5.75.